The molecule has 6 rings (SSSR count). The predicted molar refractivity (Wildman–Crippen MR) is 139 cm³/mol. The number of ether oxygens (including phenoxy) is 1. The number of aromatic amines is 1. The van der Waals surface area contributed by atoms with Gasteiger partial charge in [-0.1, -0.05) is 48.0 Å². The Morgan fingerprint density at radius 2 is 1.97 bits per heavy atom. The van der Waals surface area contributed by atoms with E-state index in [-0.39, 0.29) is 6.10 Å². The maximum Gasteiger partial charge on any atom is 0.298 e. The standard InChI is InChI=1S/C27H24ClN5O2/c1-17-16-33(12-13-34-17)27-32-25-22(8-5-9-24(25)35-27)30-19-10-11-21(28)20(14-19)26-29-15-23(31-26)18-6-3-2-4-7-18/h2-11,14-15,17,30H,12-13,16H2,1H3,(H,29,31). The van der Waals surface area contributed by atoms with Gasteiger partial charge in [0.05, 0.1) is 35.3 Å². The number of aromatic nitrogens is 3. The first-order valence-corrected chi connectivity index (χ1v) is 12.0. The van der Waals surface area contributed by atoms with E-state index in [1.807, 2.05) is 72.9 Å². The van der Waals surface area contributed by atoms with E-state index in [1.54, 1.807) is 0 Å². The van der Waals surface area contributed by atoms with Crippen LogP contribution in [-0.4, -0.2) is 40.8 Å². The molecule has 1 saturated heterocycles. The molecular formula is C27H24ClN5O2. The van der Waals surface area contributed by atoms with Crippen molar-refractivity contribution in [1.29, 1.82) is 0 Å². The molecule has 176 valence electrons. The van der Waals surface area contributed by atoms with Crippen LogP contribution < -0.4 is 10.2 Å². The van der Waals surface area contributed by atoms with Gasteiger partial charge in [0.15, 0.2) is 5.58 Å². The zero-order valence-corrected chi connectivity index (χ0v) is 19.9. The molecule has 35 heavy (non-hydrogen) atoms. The van der Waals surface area contributed by atoms with Gasteiger partial charge in [0.1, 0.15) is 11.3 Å². The lowest BCUT2D eigenvalue weighted by atomic mass is 10.1. The summed E-state index contributed by atoms with van der Waals surface area (Å²) in [5.41, 5.74) is 6.07. The third-order valence-electron chi connectivity index (χ3n) is 6.08. The summed E-state index contributed by atoms with van der Waals surface area (Å²) in [4.78, 5) is 14.9. The number of anilines is 3. The van der Waals surface area contributed by atoms with Crippen LogP contribution in [0.1, 0.15) is 6.92 Å². The van der Waals surface area contributed by atoms with Gasteiger partial charge in [-0.3, -0.25) is 0 Å². The van der Waals surface area contributed by atoms with Crippen molar-refractivity contribution in [3.63, 3.8) is 0 Å². The van der Waals surface area contributed by atoms with Crippen molar-refractivity contribution in [2.45, 2.75) is 13.0 Å². The lowest BCUT2D eigenvalue weighted by molar-refractivity contribution is 0.0515. The molecule has 2 aromatic heterocycles. The molecule has 1 aliphatic rings. The SMILES string of the molecule is CC1CN(c2nc3c(Nc4ccc(Cl)c(-c5ncc(-c6ccccc6)[nH]5)c4)cccc3o2)CCO1. The summed E-state index contributed by atoms with van der Waals surface area (Å²) in [6.07, 6.45) is 1.97. The van der Waals surface area contributed by atoms with E-state index < -0.39 is 0 Å². The molecule has 0 spiro atoms. The first-order chi connectivity index (χ1) is 17.1. The topological polar surface area (TPSA) is 79.2 Å². The van der Waals surface area contributed by atoms with Crippen LogP contribution in [-0.2, 0) is 4.74 Å². The van der Waals surface area contributed by atoms with Crippen LogP contribution >= 0.6 is 11.6 Å². The monoisotopic (exact) mass is 485 g/mol. The van der Waals surface area contributed by atoms with Gasteiger partial charge in [0.25, 0.3) is 6.01 Å². The number of oxazole rings is 1. The molecule has 1 atom stereocenters. The van der Waals surface area contributed by atoms with Crippen LogP contribution in [0, 0.1) is 0 Å². The fourth-order valence-corrected chi connectivity index (χ4v) is 4.53. The van der Waals surface area contributed by atoms with Gasteiger partial charge >= 0.3 is 0 Å². The van der Waals surface area contributed by atoms with Crippen molar-refractivity contribution in [2.24, 2.45) is 0 Å². The van der Waals surface area contributed by atoms with Crippen molar-refractivity contribution in [3.8, 4) is 22.6 Å². The normalized spacial score (nSPS) is 16.1. The highest BCUT2D eigenvalue weighted by molar-refractivity contribution is 6.33. The molecule has 0 bridgehead atoms. The molecular weight excluding hydrogens is 462 g/mol. The van der Waals surface area contributed by atoms with Crippen molar-refractivity contribution >= 4 is 40.1 Å². The summed E-state index contributed by atoms with van der Waals surface area (Å²) >= 11 is 6.55. The fraction of sp³-hybridized carbons (Fsp3) is 0.185. The molecule has 0 radical (unpaired) electrons. The Kier molecular flexibility index (Phi) is 5.64. The van der Waals surface area contributed by atoms with E-state index in [0.717, 1.165) is 52.4 Å². The smallest absolute Gasteiger partial charge is 0.298 e. The van der Waals surface area contributed by atoms with Crippen molar-refractivity contribution in [3.05, 3.63) is 77.9 Å². The second kappa shape index (κ2) is 9.09. The molecule has 1 unspecified atom stereocenters. The Morgan fingerprint density at radius 1 is 1.09 bits per heavy atom. The van der Waals surface area contributed by atoms with E-state index >= 15 is 0 Å². The molecule has 3 heterocycles. The minimum absolute atomic E-state index is 0.146. The van der Waals surface area contributed by atoms with Crippen molar-refractivity contribution < 1.29 is 9.15 Å². The molecule has 1 aliphatic heterocycles. The minimum atomic E-state index is 0.146. The molecule has 7 nitrogen and oxygen atoms in total. The number of hydrogen-bond acceptors (Lipinski definition) is 6. The van der Waals surface area contributed by atoms with E-state index in [4.69, 9.17) is 25.7 Å². The summed E-state index contributed by atoms with van der Waals surface area (Å²) in [7, 11) is 0. The highest BCUT2D eigenvalue weighted by Crippen LogP contribution is 2.34. The minimum Gasteiger partial charge on any atom is -0.423 e. The predicted octanol–water partition coefficient (Wildman–Crippen LogP) is 6.51. The Labute approximate surface area is 207 Å². The van der Waals surface area contributed by atoms with Crippen molar-refractivity contribution in [2.75, 3.05) is 29.9 Å². The Balaban J connectivity index is 1.30. The van der Waals surface area contributed by atoms with E-state index in [0.29, 0.717) is 23.5 Å². The number of fused-ring (bicyclic) bond motifs is 1. The third-order valence-corrected chi connectivity index (χ3v) is 6.41. The van der Waals surface area contributed by atoms with Gasteiger partial charge in [-0.25, -0.2) is 4.98 Å². The number of rotatable bonds is 5. The van der Waals surface area contributed by atoms with Gasteiger partial charge in [-0.05, 0) is 42.8 Å². The first kappa shape index (κ1) is 21.7. The summed E-state index contributed by atoms with van der Waals surface area (Å²) in [5.74, 6) is 0.709. The Hall–Kier alpha value is -3.81. The number of morpholine rings is 1. The summed E-state index contributed by atoms with van der Waals surface area (Å²) in [5, 5.41) is 4.10. The number of nitrogens with zero attached hydrogens (tertiary/aromatic N) is 3. The Morgan fingerprint density at radius 3 is 2.83 bits per heavy atom. The molecule has 5 aromatic rings. The fourth-order valence-electron chi connectivity index (χ4n) is 4.33. The van der Waals surface area contributed by atoms with Crippen LogP contribution in [0.5, 0.6) is 0 Å². The second-order valence-electron chi connectivity index (χ2n) is 8.61. The quantitative estimate of drug-likeness (QED) is 0.295. The van der Waals surface area contributed by atoms with Crippen LogP contribution in [0.25, 0.3) is 33.7 Å². The number of imidazole rings is 1. The molecule has 3 aromatic carbocycles. The van der Waals surface area contributed by atoms with Crippen LogP contribution in [0.2, 0.25) is 5.02 Å². The zero-order chi connectivity index (χ0) is 23.8. The molecule has 8 heteroatoms. The number of H-pyrrole nitrogens is 1. The van der Waals surface area contributed by atoms with Gasteiger partial charge < -0.3 is 24.4 Å². The molecule has 1 fully saturated rings. The Bertz CT molecular complexity index is 1480. The third kappa shape index (κ3) is 4.36. The summed E-state index contributed by atoms with van der Waals surface area (Å²) in [6, 6.07) is 22.4. The van der Waals surface area contributed by atoms with Crippen LogP contribution in [0.4, 0.5) is 17.4 Å². The lowest BCUT2D eigenvalue weighted by Crippen LogP contribution is -2.41. The largest absolute Gasteiger partial charge is 0.423 e. The number of hydrogen-bond donors (Lipinski definition) is 2. The van der Waals surface area contributed by atoms with Gasteiger partial charge in [0, 0.05) is 24.3 Å². The zero-order valence-electron chi connectivity index (χ0n) is 19.2. The maximum atomic E-state index is 6.55. The van der Waals surface area contributed by atoms with E-state index in [1.165, 1.54) is 0 Å². The first-order valence-electron chi connectivity index (χ1n) is 11.6. The number of para-hydroxylation sites is 1. The molecule has 2 N–H and O–H groups in total. The summed E-state index contributed by atoms with van der Waals surface area (Å²) in [6.45, 7) is 4.23. The van der Waals surface area contributed by atoms with Gasteiger partial charge in [-0.15, -0.1) is 0 Å². The number of benzene rings is 3. The second-order valence-corrected chi connectivity index (χ2v) is 9.01. The average molecular weight is 486 g/mol. The van der Waals surface area contributed by atoms with E-state index in [2.05, 4.69) is 27.1 Å². The van der Waals surface area contributed by atoms with Gasteiger partial charge in [-0.2, -0.15) is 4.98 Å². The van der Waals surface area contributed by atoms with E-state index in [9.17, 15) is 0 Å². The highest BCUT2D eigenvalue weighted by atomic mass is 35.5. The van der Waals surface area contributed by atoms with Gasteiger partial charge in [0.2, 0.25) is 0 Å². The molecule has 0 aliphatic carbocycles. The summed E-state index contributed by atoms with van der Waals surface area (Å²) < 4.78 is 11.7. The molecule has 0 amide bonds. The maximum absolute atomic E-state index is 6.55. The number of nitrogens with one attached hydrogen (secondary N) is 2. The lowest BCUT2D eigenvalue weighted by Gasteiger charge is -2.29. The van der Waals surface area contributed by atoms with Crippen LogP contribution in [0.3, 0.4) is 0 Å². The number of halogens is 1. The van der Waals surface area contributed by atoms with Crippen LogP contribution in [0.15, 0.2) is 77.3 Å². The highest BCUT2D eigenvalue weighted by Gasteiger charge is 2.22. The van der Waals surface area contributed by atoms with Crippen molar-refractivity contribution in [1.82, 2.24) is 15.0 Å². The average Bonchev–Trinajstić information content (AvgIpc) is 3.54. The molecule has 0 saturated carbocycles.